The Hall–Kier alpha value is -6.11. The number of carbonyl (C=O) groups excluding carboxylic acids is 1. The summed E-state index contributed by atoms with van der Waals surface area (Å²) >= 11 is 0. The largest absolute Gasteiger partial charge is 0.479 e. The molecule has 4 aromatic carbocycles. The number of rotatable bonds is 16. The van der Waals surface area contributed by atoms with E-state index in [1.54, 1.807) is 29.2 Å². The van der Waals surface area contributed by atoms with E-state index in [2.05, 4.69) is 9.88 Å². The van der Waals surface area contributed by atoms with Crippen LogP contribution >= 0.6 is 0 Å². The molecule has 0 aliphatic carbocycles. The van der Waals surface area contributed by atoms with Gasteiger partial charge >= 0.3 is 18.1 Å². The number of aliphatic hydroxyl groups is 2. The average Bonchev–Trinajstić information content (AvgIpc) is 3.21. The lowest BCUT2D eigenvalue weighted by atomic mass is 10.0. The SMILES string of the molecule is CCN(CC)CCN(Cc1ccc(-c2ccc(C(F)(F)F)cc2)cc1)C(=O)Cn1c(CCc2cccc(F)c2F)nc(=O)c2ccc(F)cc21.O=C(O)C(O)C(O)C(=O)O. The molecule has 0 saturated heterocycles. The topological polar surface area (TPSA) is 174 Å². The molecule has 1 heterocycles. The van der Waals surface area contributed by atoms with E-state index in [1.165, 1.54) is 34.9 Å². The molecule has 12 nitrogen and oxygen atoms in total. The number of carbonyl (C=O) groups is 3. The summed E-state index contributed by atoms with van der Waals surface area (Å²) in [6.45, 7) is 6.32. The van der Waals surface area contributed by atoms with Crippen molar-refractivity contribution in [2.24, 2.45) is 0 Å². The molecule has 18 heteroatoms. The highest BCUT2D eigenvalue weighted by Crippen LogP contribution is 2.31. The molecule has 4 N–H and O–H groups in total. The summed E-state index contributed by atoms with van der Waals surface area (Å²) < 4.78 is 83.5. The van der Waals surface area contributed by atoms with Gasteiger partial charge in [-0.15, -0.1) is 0 Å². The highest BCUT2D eigenvalue weighted by atomic mass is 19.4. The fraction of sp³-hybridized carbons (Fsp3) is 0.310. The van der Waals surface area contributed by atoms with Gasteiger partial charge in [-0.1, -0.05) is 62.4 Å². The maximum atomic E-state index is 14.5. The van der Waals surface area contributed by atoms with Gasteiger partial charge in [-0.25, -0.2) is 22.8 Å². The Labute approximate surface area is 339 Å². The van der Waals surface area contributed by atoms with Gasteiger partial charge < -0.3 is 34.8 Å². The van der Waals surface area contributed by atoms with Crippen LogP contribution in [0.5, 0.6) is 0 Å². The van der Waals surface area contributed by atoms with E-state index < -0.39 is 58.9 Å². The summed E-state index contributed by atoms with van der Waals surface area (Å²) in [6, 6.07) is 19.4. The highest BCUT2D eigenvalue weighted by molar-refractivity contribution is 5.83. The Morgan fingerprint density at radius 2 is 1.37 bits per heavy atom. The van der Waals surface area contributed by atoms with Gasteiger partial charge in [-0.2, -0.15) is 18.2 Å². The van der Waals surface area contributed by atoms with Crippen molar-refractivity contribution in [3.63, 3.8) is 0 Å². The summed E-state index contributed by atoms with van der Waals surface area (Å²) in [7, 11) is 0. The summed E-state index contributed by atoms with van der Waals surface area (Å²) in [5.41, 5.74) is 0.923. The maximum absolute atomic E-state index is 14.5. The number of likely N-dealkylation sites (N-methyl/N-ethyl adjacent to an activating group) is 1. The van der Waals surface area contributed by atoms with Gasteiger partial charge in [0.1, 0.15) is 18.2 Å². The summed E-state index contributed by atoms with van der Waals surface area (Å²) in [4.78, 5) is 54.6. The monoisotopic (exact) mass is 844 g/mol. The molecule has 0 saturated carbocycles. The number of aliphatic carboxylic acids is 2. The van der Waals surface area contributed by atoms with Crippen LogP contribution < -0.4 is 5.56 Å². The Morgan fingerprint density at radius 1 is 0.783 bits per heavy atom. The van der Waals surface area contributed by atoms with Gasteiger partial charge in [0, 0.05) is 26.1 Å². The first-order chi connectivity index (χ1) is 28.3. The van der Waals surface area contributed by atoms with Crippen LogP contribution in [-0.4, -0.2) is 96.0 Å². The van der Waals surface area contributed by atoms with Crippen LogP contribution in [0.1, 0.15) is 36.4 Å². The van der Waals surface area contributed by atoms with E-state index in [-0.39, 0.29) is 54.1 Å². The molecule has 5 rings (SSSR count). The minimum absolute atomic E-state index is 0.0258. The number of alkyl halides is 3. The van der Waals surface area contributed by atoms with E-state index >= 15 is 0 Å². The number of hydrogen-bond donors (Lipinski definition) is 4. The fourth-order valence-corrected chi connectivity index (χ4v) is 6.12. The Bertz CT molecular complexity index is 2320. The van der Waals surface area contributed by atoms with Gasteiger partial charge in [0.25, 0.3) is 5.56 Å². The molecule has 5 aromatic rings. The number of aromatic nitrogens is 2. The molecule has 0 spiro atoms. The summed E-state index contributed by atoms with van der Waals surface area (Å²) in [5.74, 6) is -6.42. The first kappa shape index (κ1) is 46.6. The molecule has 0 bridgehead atoms. The third kappa shape index (κ3) is 12.2. The molecule has 0 aliphatic heterocycles. The van der Waals surface area contributed by atoms with Crippen molar-refractivity contribution in [2.45, 2.75) is 58.2 Å². The standard InChI is InChI=1S/C38H36F6N4O2.C4H6O6/c1-3-46(4-2)20-21-47(23-25-8-10-26(11-9-25)27-12-15-29(16-13-27)38(42,43)44)35(49)24-48-33-22-30(39)17-18-31(33)37(50)45-34(48)19-14-28-6-5-7-32(40)36(28)41;5-1(3(7)8)2(6)4(9)10/h5-13,15-18,22H,3-4,14,19-21,23-24H2,1-2H3;1-2,5-6H,(H,7,8)(H,9,10). The zero-order chi connectivity index (χ0) is 44.3. The second kappa shape index (κ2) is 20.7. The number of fused-ring (bicyclic) bond motifs is 1. The first-order valence-corrected chi connectivity index (χ1v) is 18.5. The van der Waals surface area contributed by atoms with E-state index in [0.717, 1.165) is 49.0 Å². The van der Waals surface area contributed by atoms with E-state index in [9.17, 15) is 45.5 Å². The number of benzene rings is 4. The number of carboxylic acids is 2. The van der Waals surface area contributed by atoms with Crippen molar-refractivity contribution in [3.05, 3.63) is 135 Å². The zero-order valence-corrected chi connectivity index (χ0v) is 32.4. The van der Waals surface area contributed by atoms with Gasteiger partial charge in [-0.3, -0.25) is 9.59 Å². The molecular formula is C42H42F6N4O8. The van der Waals surface area contributed by atoms with Gasteiger partial charge in [0.05, 0.1) is 16.5 Å². The van der Waals surface area contributed by atoms with Crippen molar-refractivity contribution in [3.8, 4) is 11.1 Å². The summed E-state index contributed by atoms with van der Waals surface area (Å²) in [6.07, 6.45) is -9.02. The molecule has 60 heavy (non-hydrogen) atoms. The number of hydrogen-bond acceptors (Lipinski definition) is 8. The predicted octanol–water partition coefficient (Wildman–Crippen LogP) is 5.53. The molecule has 1 aromatic heterocycles. The molecule has 2 atom stereocenters. The zero-order valence-electron chi connectivity index (χ0n) is 32.4. The Balaban J connectivity index is 0.000000703. The summed E-state index contributed by atoms with van der Waals surface area (Å²) in [5, 5.41) is 32.6. The number of amides is 1. The fourth-order valence-electron chi connectivity index (χ4n) is 6.12. The van der Waals surface area contributed by atoms with Gasteiger partial charge in [0.15, 0.2) is 23.8 Å². The van der Waals surface area contributed by atoms with E-state index in [4.69, 9.17) is 20.4 Å². The third-order valence-electron chi connectivity index (χ3n) is 9.58. The van der Waals surface area contributed by atoms with Gasteiger partial charge in [0.2, 0.25) is 5.91 Å². The molecule has 320 valence electrons. The van der Waals surface area contributed by atoms with E-state index in [0.29, 0.717) is 24.2 Å². The van der Waals surface area contributed by atoms with Crippen LogP contribution in [-0.2, 0) is 46.5 Å². The highest BCUT2D eigenvalue weighted by Gasteiger charge is 2.30. The maximum Gasteiger partial charge on any atom is 0.416 e. The van der Waals surface area contributed by atoms with Crippen molar-refractivity contribution in [1.29, 1.82) is 0 Å². The molecule has 1 amide bonds. The third-order valence-corrected chi connectivity index (χ3v) is 9.58. The Kier molecular flexibility index (Phi) is 16.1. The molecular weight excluding hydrogens is 802 g/mol. The van der Waals surface area contributed by atoms with Crippen molar-refractivity contribution >= 4 is 28.7 Å². The lowest BCUT2D eigenvalue weighted by molar-refractivity contribution is -0.165. The number of aryl methyl sites for hydroxylation is 2. The lowest BCUT2D eigenvalue weighted by Gasteiger charge is -2.28. The number of nitrogens with zero attached hydrogens (tertiary/aromatic N) is 4. The van der Waals surface area contributed by atoms with Crippen LogP contribution in [0.4, 0.5) is 26.3 Å². The van der Waals surface area contributed by atoms with Crippen molar-refractivity contribution in [2.75, 3.05) is 26.2 Å². The van der Waals surface area contributed by atoms with Crippen LogP contribution in [0.25, 0.3) is 22.0 Å². The number of carboxylic acid groups (broad SMARTS) is 2. The van der Waals surface area contributed by atoms with Crippen LogP contribution in [0.15, 0.2) is 89.7 Å². The minimum atomic E-state index is -4.44. The van der Waals surface area contributed by atoms with Crippen LogP contribution in [0.3, 0.4) is 0 Å². The molecule has 0 aliphatic rings. The van der Waals surface area contributed by atoms with Crippen molar-refractivity contribution < 1.29 is 61.2 Å². The second-order valence-electron chi connectivity index (χ2n) is 13.5. The number of aliphatic hydroxyl groups excluding tert-OH is 2. The predicted molar refractivity (Wildman–Crippen MR) is 207 cm³/mol. The second-order valence-corrected chi connectivity index (χ2v) is 13.5. The lowest BCUT2D eigenvalue weighted by Crippen LogP contribution is -2.40. The molecule has 0 radical (unpaired) electrons. The Morgan fingerprint density at radius 3 is 1.92 bits per heavy atom. The number of halogens is 6. The first-order valence-electron chi connectivity index (χ1n) is 18.5. The molecule has 2 unspecified atom stereocenters. The quantitative estimate of drug-likeness (QED) is 0.0926. The average molecular weight is 845 g/mol. The smallest absolute Gasteiger partial charge is 0.416 e. The normalized spacial score (nSPS) is 12.4. The van der Waals surface area contributed by atoms with E-state index in [1.807, 2.05) is 13.8 Å². The van der Waals surface area contributed by atoms with Crippen LogP contribution in [0, 0.1) is 17.5 Å². The van der Waals surface area contributed by atoms with Gasteiger partial charge in [-0.05, 0) is 78.2 Å². The molecule has 0 fully saturated rings. The van der Waals surface area contributed by atoms with Crippen molar-refractivity contribution in [1.82, 2.24) is 19.4 Å². The minimum Gasteiger partial charge on any atom is -0.479 e. The van der Waals surface area contributed by atoms with Crippen LogP contribution in [0.2, 0.25) is 0 Å².